The lowest BCUT2D eigenvalue weighted by Gasteiger charge is -2.17. The van der Waals surface area contributed by atoms with E-state index < -0.39 is 0 Å². The zero-order valence-electron chi connectivity index (χ0n) is 11.0. The summed E-state index contributed by atoms with van der Waals surface area (Å²) in [5.41, 5.74) is 8.16. The lowest BCUT2D eigenvalue weighted by Crippen LogP contribution is -2.21. The molecule has 2 saturated carbocycles. The van der Waals surface area contributed by atoms with Crippen molar-refractivity contribution in [2.75, 3.05) is 11.9 Å². The van der Waals surface area contributed by atoms with Gasteiger partial charge in [-0.3, -0.25) is 4.68 Å². The van der Waals surface area contributed by atoms with Crippen LogP contribution in [0.25, 0.3) is 0 Å². The number of thiocarbonyl (C=S) groups is 1. The fourth-order valence-electron chi connectivity index (χ4n) is 3.00. The van der Waals surface area contributed by atoms with Gasteiger partial charge in [-0.25, -0.2) is 0 Å². The van der Waals surface area contributed by atoms with Crippen LogP contribution in [-0.2, 0) is 7.05 Å². The molecule has 18 heavy (non-hydrogen) atoms. The number of nitrogens with one attached hydrogen (secondary N) is 1. The molecule has 2 aliphatic carbocycles. The Morgan fingerprint density at radius 1 is 1.56 bits per heavy atom. The Morgan fingerprint density at radius 3 is 2.72 bits per heavy atom. The van der Waals surface area contributed by atoms with Crippen LogP contribution in [0.4, 0.5) is 5.82 Å². The van der Waals surface area contributed by atoms with Crippen molar-refractivity contribution in [1.29, 1.82) is 0 Å². The minimum atomic E-state index is 0.430. The van der Waals surface area contributed by atoms with E-state index in [0.717, 1.165) is 29.5 Å². The second-order valence-corrected chi connectivity index (χ2v) is 6.23. The molecule has 0 saturated heterocycles. The standard InChI is InChI=1S/C13H20N4S/c1-8-10(11(14)18)12(17(2)16-8)15-7-13(5-6-13)9-3-4-9/h9,15H,3-7H2,1-2H3,(H2,14,18). The van der Waals surface area contributed by atoms with Crippen LogP contribution in [0.5, 0.6) is 0 Å². The molecule has 5 heteroatoms. The van der Waals surface area contributed by atoms with Crippen molar-refractivity contribution in [3.8, 4) is 0 Å². The number of nitrogens with zero attached hydrogens (tertiary/aromatic N) is 2. The number of aryl methyl sites for hydroxylation is 2. The van der Waals surface area contributed by atoms with Crippen LogP contribution in [-0.4, -0.2) is 21.3 Å². The Balaban J connectivity index is 1.78. The molecule has 1 heterocycles. The highest BCUT2D eigenvalue weighted by Gasteiger charge is 2.53. The van der Waals surface area contributed by atoms with Gasteiger partial charge >= 0.3 is 0 Å². The normalized spacial score (nSPS) is 20.8. The number of aromatic nitrogens is 2. The summed E-state index contributed by atoms with van der Waals surface area (Å²) in [5, 5.41) is 7.94. The van der Waals surface area contributed by atoms with E-state index >= 15 is 0 Å². The second kappa shape index (κ2) is 3.95. The van der Waals surface area contributed by atoms with Crippen LogP contribution in [0.3, 0.4) is 0 Å². The van der Waals surface area contributed by atoms with Gasteiger partial charge < -0.3 is 11.1 Å². The number of rotatable bonds is 5. The third kappa shape index (κ3) is 1.90. The van der Waals surface area contributed by atoms with Crippen LogP contribution >= 0.6 is 12.2 Å². The molecule has 2 fully saturated rings. The molecule has 0 bridgehead atoms. The molecular formula is C13H20N4S. The highest BCUT2D eigenvalue weighted by atomic mass is 32.1. The fraction of sp³-hybridized carbons (Fsp3) is 0.692. The fourth-order valence-corrected chi connectivity index (χ4v) is 3.25. The third-order valence-corrected chi connectivity index (χ3v) is 4.62. The maximum atomic E-state index is 5.79. The summed E-state index contributed by atoms with van der Waals surface area (Å²) in [5.74, 6) is 1.93. The first-order valence-electron chi connectivity index (χ1n) is 6.61. The number of nitrogens with two attached hydrogens (primary N) is 1. The predicted molar refractivity (Wildman–Crippen MR) is 76.7 cm³/mol. The molecule has 0 atom stereocenters. The van der Waals surface area contributed by atoms with Crippen molar-refractivity contribution in [1.82, 2.24) is 9.78 Å². The zero-order chi connectivity index (χ0) is 12.9. The van der Waals surface area contributed by atoms with Gasteiger partial charge in [0.05, 0.1) is 11.3 Å². The van der Waals surface area contributed by atoms with Gasteiger partial charge in [0.1, 0.15) is 10.8 Å². The molecule has 3 N–H and O–H groups in total. The summed E-state index contributed by atoms with van der Waals surface area (Å²) in [6, 6.07) is 0. The van der Waals surface area contributed by atoms with E-state index in [1.165, 1.54) is 25.7 Å². The first-order valence-corrected chi connectivity index (χ1v) is 7.01. The number of anilines is 1. The summed E-state index contributed by atoms with van der Waals surface area (Å²) in [4.78, 5) is 0.430. The van der Waals surface area contributed by atoms with E-state index in [4.69, 9.17) is 18.0 Å². The Morgan fingerprint density at radius 2 is 2.22 bits per heavy atom. The van der Waals surface area contributed by atoms with Gasteiger partial charge in [-0.1, -0.05) is 12.2 Å². The quantitative estimate of drug-likeness (QED) is 0.798. The predicted octanol–water partition coefficient (Wildman–Crippen LogP) is 1.96. The van der Waals surface area contributed by atoms with Gasteiger partial charge in [0.25, 0.3) is 0 Å². The van der Waals surface area contributed by atoms with Crippen molar-refractivity contribution in [2.24, 2.45) is 24.1 Å². The molecule has 3 rings (SSSR count). The van der Waals surface area contributed by atoms with E-state index in [2.05, 4.69) is 10.4 Å². The van der Waals surface area contributed by atoms with Crippen molar-refractivity contribution < 1.29 is 0 Å². The minimum Gasteiger partial charge on any atom is -0.389 e. The summed E-state index contributed by atoms with van der Waals surface area (Å²) >= 11 is 5.12. The first-order chi connectivity index (χ1) is 8.53. The van der Waals surface area contributed by atoms with Crippen molar-refractivity contribution in [3.63, 3.8) is 0 Å². The van der Waals surface area contributed by atoms with Crippen LogP contribution in [0, 0.1) is 18.3 Å². The smallest absolute Gasteiger partial charge is 0.134 e. The average Bonchev–Trinajstić information content (AvgIpc) is 3.13. The van der Waals surface area contributed by atoms with E-state index in [0.29, 0.717) is 10.4 Å². The van der Waals surface area contributed by atoms with Gasteiger partial charge in [-0.2, -0.15) is 5.10 Å². The molecule has 1 aromatic heterocycles. The van der Waals surface area contributed by atoms with Crippen LogP contribution < -0.4 is 11.1 Å². The molecule has 98 valence electrons. The average molecular weight is 264 g/mol. The van der Waals surface area contributed by atoms with Gasteiger partial charge in [0.15, 0.2) is 0 Å². The molecule has 1 aromatic rings. The minimum absolute atomic E-state index is 0.430. The van der Waals surface area contributed by atoms with E-state index in [-0.39, 0.29) is 0 Å². The summed E-state index contributed by atoms with van der Waals surface area (Å²) in [6.07, 6.45) is 5.55. The molecule has 0 unspecified atom stereocenters. The van der Waals surface area contributed by atoms with Gasteiger partial charge in [0.2, 0.25) is 0 Å². The Kier molecular flexibility index (Phi) is 2.62. The lowest BCUT2D eigenvalue weighted by molar-refractivity contribution is 0.465. The Labute approximate surface area is 113 Å². The largest absolute Gasteiger partial charge is 0.389 e. The monoisotopic (exact) mass is 264 g/mol. The number of hydrogen-bond acceptors (Lipinski definition) is 3. The maximum absolute atomic E-state index is 5.79. The van der Waals surface area contributed by atoms with Gasteiger partial charge in [0, 0.05) is 13.6 Å². The van der Waals surface area contributed by atoms with Gasteiger partial charge in [-0.05, 0) is 43.9 Å². The Bertz CT molecular complexity index is 497. The summed E-state index contributed by atoms with van der Waals surface area (Å²) in [6.45, 7) is 2.99. The molecule has 0 radical (unpaired) electrons. The molecule has 0 spiro atoms. The Hall–Kier alpha value is -1.10. The van der Waals surface area contributed by atoms with E-state index in [1.54, 1.807) is 0 Å². The van der Waals surface area contributed by atoms with Crippen LogP contribution in [0.15, 0.2) is 0 Å². The van der Waals surface area contributed by atoms with E-state index in [1.807, 2.05) is 18.7 Å². The van der Waals surface area contributed by atoms with Crippen LogP contribution in [0.2, 0.25) is 0 Å². The maximum Gasteiger partial charge on any atom is 0.134 e. The molecule has 2 aliphatic rings. The highest BCUT2D eigenvalue weighted by molar-refractivity contribution is 7.80. The highest BCUT2D eigenvalue weighted by Crippen LogP contribution is 2.61. The second-order valence-electron chi connectivity index (χ2n) is 5.79. The molecule has 0 amide bonds. The van der Waals surface area contributed by atoms with Gasteiger partial charge in [-0.15, -0.1) is 0 Å². The SMILES string of the molecule is Cc1nn(C)c(NCC2(C3CC3)CC2)c1C(N)=S. The van der Waals surface area contributed by atoms with Crippen molar-refractivity contribution >= 4 is 23.0 Å². The first kappa shape index (κ1) is 12.0. The molecule has 4 nitrogen and oxygen atoms in total. The topological polar surface area (TPSA) is 55.9 Å². The molecule has 0 aliphatic heterocycles. The molecular weight excluding hydrogens is 244 g/mol. The van der Waals surface area contributed by atoms with Crippen molar-refractivity contribution in [3.05, 3.63) is 11.3 Å². The lowest BCUT2D eigenvalue weighted by atomic mass is 10.0. The number of hydrogen-bond donors (Lipinski definition) is 2. The van der Waals surface area contributed by atoms with E-state index in [9.17, 15) is 0 Å². The third-order valence-electron chi connectivity index (χ3n) is 4.41. The zero-order valence-corrected chi connectivity index (χ0v) is 11.8. The van der Waals surface area contributed by atoms with Crippen LogP contribution in [0.1, 0.15) is 36.9 Å². The summed E-state index contributed by atoms with van der Waals surface area (Å²) in [7, 11) is 1.94. The summed E-state index contributed by atoms with van der Waals surface area (Å²) < 4.78 is 1.85. The molecule has 0 aromatic carbocycles. The van der Waals surface area contributed by atoms with Crippen molar-refractivity contribution in [2.45, 2.75) is 32.6 Å².